The quantitative estimate of drug-likeness (QED) is 0.487. The fourth-order valence-electron chi connectivity index (χ4n) is 3.44. The molecule has 3 aromatic rings. The molecule has 2 heterocycles. The molecule has 3 amide bonds. The number of furan rings is 1. The first kappa shape index (κ1) is 25.5. The van der Waals surface area contributed by atoms with Crippen molar-refractivity contribution < 1.29 is 23.5 Å². The third-order valence-corrected chi connectivity index (χ3v) is 4.87. The lowest BCUT2D eigenvalue weighted by atomic mass is 10.0. The van der Waals surface area contributed by atoms with Crippen LogP contribution in [0.5, 0.6) is 5.75 Å². The molecule has 1 aromatic carbocycles. The number of amides is 3. The molecular weight excluding hydrogens is 448 g/mol. The van der Waals surface area contributed by atoms with Crippen LogP contribution in [0.2, 0.25) is 0 Å². The maximum Gasteiger partial charge on any atom is 0.287 e. The second kappa shape index (κ2) is 11.3. The van der Waals surface area contributed by atoms with Gasteiger partial charge in [0.1, 0.15) is 11.8 Å². The van der Waals surface area contributed by atoms with E-state index in [4.69, 9.17) is 9.15 Å². The van der Waals surface area contributed by atoms with E-state index in [2.05, 4.69) is 15.6 Å². The Hall–Kier alpha value is -4.14. The molecule has 2 N–H and O–H groups in total. The van der Waals surface area contributed by atoms with Gasteiger partial charge in [0.05, 0.1) is 19.4 Å². The minimum Gasteiger partial charge on any atom is -0.494 e. The highest BCUT2D eigenvalue weighted by molar-refractivity contribution is 6.04. The van der Waals surface area contributed by atoms with Gasteiger partial charge in [-0.15, -0.1) is 0 Å². The van der Waals surface area contributed by atoms with Crippen LogP contribution in [0.1, 0.15) is 49.9 Å². The summed E-state index contributed by atoms with van der Waals surface area (Å²) in [6, 6.07) is 12.3. The summed E-state index contributed by atoms with van der Waals surface area (Å²) in [5, 5.41) is 5.53. The summed E-state index contributed by atoms with van der Waals surface area (Å²) in [5.74, 6) is -0.672. The van der Waals surface area contributed by atoms with Crippen molar-refractivity contribution >= 4 is 23.4 Å². The predicted molar refractivity (Wildman–Crippen MR) is 131 cm³/mol. The fourth-order valence-corrected chi connectivity index (χ4v) is 3.44. The number of nitrogens with one attached hydrogen (secondary N) is 2. The summed E-state index contributed by atoms with van der Waals surface area (Å²) in [6.07, 6.45) is 4.50. The van der Waals surface area contributed by atoms with Gasteiger partial charge in [-0.1, -0.05) is 0 Å². The number of carbonyl (C=O) groups excluding carboxylic acids is 3. The Morgan fingerprint density at radius 1 is 1.06 bits per heavy atom. The Labute approximate surface area is 204 Å². The number of pyridine rings is 1. The second-order valence-corrected chi connectivity index (χ2v) is 8.77. The largest absolute Gasteiger partial charge is 0.494 e. The summed E-state index contributed by atoms with van der Waals surface area (Å²) in [5.41, 5.74) is 0.501. The highest BCUT2D eigenvalue weighted by atomic mass is 16.5. The van der Waals surface area contributed by atoms with E-state index in [1.54, 1.807) is 54.9 Å². The van der Waals surface area contributed by atoms with Crippen molar-refractivity contribution in [1.29, 1.82) is 0 Å². The maximum atomic E-state index is 13.6. The predicted octanol–water partition coefficient (Wildman–Crippen LogP) is 3.49. The monoisotopic (exact) mass is 478 g/mol. The molecule has 1 atom stereocenters. The van der Waals surface area contributed by atoms with Gasteiger partial charge in [-0.05, 0) is 81.8 Å². The van der Waals surface area contributed by atoms with E-state index >= 15 is 0 Å². The molecule has 0 aliphatic carbocycles. The highest BCUT2D eigenvalue weighted by Gasteiger charge is 2.34. The first-order valence-electron chi connectivity index (χ1n) is 11.3. The molecule has 1 unspecified atom stereocenters. The molecule has 0 saturated heterocycles. The molecule has 0 aliphatic rings. The Morgan fingerprint density at radius 2 is 1.74 bits per heavy atom. The topological polar surface area (TPSA) is 114 Å². The molecule has 9 nitrogen and oxygen atoms in total. The zero-order valence-electron chi connectivity index (χ0n) is 20.3. The third kappa shape index (κ3) is 6.92. The normalized spacial score (nSPS) is 11.9. The second-order valence-electron chi connectivity index (χ2n) is 8.77. The van der Waals surface area contributed by atoms with Gasteiger partial charge in [-0.3, -0.25) is 24.3 Å². The molecule has 0 saturated carbocycles. The van der Waals surface area contributed by atoms with E-state index in [1.807, 2.05) is 27.7 Å². The van der Waals surface area contributed by atoms with E-state index < -0.39 is 23.4 Å². The van der Waals surface area contributed by atoms with Crippen molar-refractivity contribution in [2.45, 2.75) is 39.3 Å². The van der Waals surface area contributed by atoms with Crippen molar-refractivity contribution in [2.75, 3.05) is 18.1 Å². The molecule has 2 aromatic heterocycles. The minimum atomic E-state index is -1.01. The van der Waals surface area contributed by atoms with Crippen LogP contribution in [0, 0.1) is 0 Å². The average molecular weight is 479 g/mol. The standard InChI is InChI=1S/C26H30N4O5/c1-5-34-20-10-8-19(9-11-20)30(22(31)17-28-24(32)21-7-6-16-35-21)23(18-12-14-27-15-13-18)25(33)29-26(2,3)4/h6-16,23H,5,17H2,1-4H3,(H,28,32)(H,29,33). The Morgan fingerprint density at radius 3 is 2.31 bits per heavy atom. The molecule has 0 bridgehead atoms. The van der Waals surface area contributed by atoms with Gasteiger partial charge in [-0.2, -0.15) is 0 Å². The van der Waals surface area contributed by atoms with Crippen molar-refractivity contribution in [1.82, 2.24) is 15.6 Å². The molecule has 3 rings (SSSR count). The molecule has 9 heteroatoms. The average Bonchev–Trinajstić information content (AvgIpc) is 3.36. The summed E-state index contributed by atoms with van der Waals surface area (Å²) < 4.78 is 10.6. The zero-order valence-corrected chi connectivity index (χ0v) is 20.3. The third-order valence-electron chi connectivity index (χ3n) is 4.87. The van der Waals surface area contributed by atoms with Crippen molar-refractivity contribution in [3.05, 3.63) is 78.5 Å². The highest BCUT2D eigenvalue weighted by Crippen LogP contribution is 2.30. The molecule has 0 aliphatic heterocycles. The van der Waals surface area contributed by atoms with Crippen LogP contribution in [0.4, 0.5) is 5.69 Å². The molecule has 0 spiro atoms. The Kier molecular flexibility index (Phi) is 8.25. The van der Waals surface area contributed by atoms with Crippen LogP contribution in [0.3, 0.4) is 0 Å². The van der Waals surface area contributed by atoms with E-state index in [-0.39, 0.29) is 18.2 Å². The van der Waals surface area contributed by atoms with Gasteiger partial charge in [-0.25, -0.2) is 0 Å². The molecular formula is C26H30N4O5. The van der Waals surface area contributed by atoms with Crippen LogP contribution >= 0.6 is 0 Å². The van der Waals surface area contributed by atoms with E-state index in [0.717, 1.165) is 0 Å². The first-order chi connectivity index (χ1) is 16.7. The Bertz CT molecular complexity index is 1120. The number of hydrogen-bond acceptors (Lipinski definition) is 6. The number of hydrogen-bond donors (Lipinski definition) is 2. The van der Waals surface area contributed by atoms with E-state index in [9.17, 15) is 14.4 Å². The van der Waals surface area contributed by atoms with Gasteiger partial charge in [0.25, 0.3) is 5.91 Å². The van der Waals surface area contributed by atoms with Crippen molar-refractivity contribution in [3.8, 4) is 5.75 Å². The van der Waals surface area contributed by atoms with Gasteiger partial charge >= 0.3 is 0 Å². The summed E-state index contributed by atoms with van der Waals surface area (Å²) >= 11 is 0. The smallest absolute Gasteiger partial charge is 0.287 e. The molecule has 0 radical (unpaired) electrons. The number of aromatic nitrogens is 1. The van der Waals surface area contributed by atoms with Crippen LogP contribution in [0.15, 0.2) is 71.6 Å². The van der Waals surface area contributed by atoms with Gasteiger partial charge < -0.3 is 19.8 Å². The van der Waals surface area contributed by atoms with Gasteiger partial charge in [0, 0.05) is 23.6 Å². The van der Waals surface area contributed by atoms with Crippen LogP contribution in [-0.4, -0.2) is 41.4 Å². The number of carbonyl (C=O) groups is 3. The van der Waals surface area contributed by atoms with Crippen molar-refractivity contribution in [2.24, 2.45) is 0 Å². The Balaban J connectivity index is 1.99. The number of rotatable bonds is 9. The summed E-state index contributed by atoms with van der Waals surface area (Å²) in [6.45, 7) is 7.61. The van der Waals surface area contributed by atoms with E-state index in [1.165, 1.54) is 17.2 Å². The molecule has 35 heavy (non-hydrogen) atoms. The van der Waals surface area contributed by atoms with Gasteiger partial charge in [0.15, 0.2) is 5.76 Å². The minimum absolute atomic E-state index is 0.0848. The number of nitrogens with zero attached hydrogens (tertiary/aromatic N) is 2. The lowest BCUT2D eigenvalue weighted by Crippen LogP contribution is -2.51. The SMILES string of the molecule is CCOc1ccc(N(C(=O)CNC(=O)c2ccco2)C(C(=O)NC(C)(C)C)c2ccncc2)cc1. The van der Waals surface area contributed by atoms with Crippen LogP contribution in [0.25, 0.3) is 0 Å². The zero-order chi connectivity index (χ0) is 25.4. The molecule has 0 fully saturated rings. The maximum absolute atomic E-state index is 13.6. The first-order valence-corrected chi connectivity index (χ1v) is 11.3. The fraction of sp³-hybridized carbons (Fsp3) is 0.308. The lowest BCUT2D eigenvalue weighted by Gasteiger charge is -2.34. The molecule has 184 valence electrons. The summed E-state index contributed by atoms with van der Waals surface area (Å²) in [7, 11) is 0. The lowest BCUT2D eigenvalue weighted by molar-refractivity contribution is -0.127. The van der Waals surface area contributed by atoms with Gasteiger partial charge in [0.2, 0.25) is 11.8 Å². The van der Waals surface area contributed by atoms with Crippen molar-refractivity contribution in [3.63, 3.8) is 0 Å². The van der Waals surface area contributed by atoms with Crippen LogP contribution in [-0.2, 0) is 9.59 Å². The number of ether oxygens (including phenoxy) is 1. The van der Waals surface area contributed by atoms with Crippen LogP contribution < -0.4 is 20.3 Å². The number of anilines is 1. The van der Waals surface area contributed by atoms with E-state index in [0.29, 0.717) is 23.6 Å². The number of benzene rings is 1. The summed E-state index contributed by atoms with van der Waals surface area (Å²) in [4.78, 5) is 44.9.